The first-order valence-corrected chi connectivity index (χ1v) is 12.0. The fraction of sp³-hybridized carbons (Fsp3) is 0.444. The van der Waals surface area contributed by atoms with E-state index in [-0.39, 0.29) is 12.0 Å². The van der Waals surface area contributed by atoms with Crippen LogP contribution in [0, 0.1) is 13.8 Å². The first-order valence-electron chi connectivity index (χ1n) is 12.0. The van der Waals surface area contributed by atoms with E-state index in [0.29, 0.717) is 23.1 Å². The topological polar surface area (TPSA) is 60.3 Å². The van der Waals surface area contributed by atoms with Crippen LogP contribution in [0.25, 0.3) is 11.0 Å². The number of carbonyl (C=O) groups is 1. The van der Waals surface area contributed by atoms with Crippen LogP contribution in [0.3, 0.4) is 0 Å². The highest BCUT2D eigenvalue weighted by Gasteiger charge is 2.31. The minimum Gasteiger partial charge on any atom is -0.472 e. The van der Waals surface area contributed by atoms with Gasteiger partial charge in [-0.25, -0.2) is 4.98 Å². The van der Waals surface area contributed by atoms with E-state index in [1.165, 1.54) is 36.5 Å². The van der Waals surface area contributed by atoms with Gasteiger partial charge in [0.05, 0.1) is 11.2 Å². The van der Waals surface area contributed by atoms with Crippen LogP contribution in [0.4, 0.5) is 11.5 Å². The number of aromatic nitrogens is 3. The number of aryl methyl sites for hydroxylation is 3. The van der Waals surface area contributed by atoms with Gasteiger partial charge in [-0.05, 0) is 99.3 Å². The molecule has 33 heavy (non-hydrogen) atoms. The van der Waals surface area contributed by atoms with Gasteiger partial charge in [0, 0.05) is 7.05 Å². The summed E-state index contributed by atoms with van der Waals surface area (Å²) >= 11 is 0. The van der Waals surface area contributed by atoms with Gasteiger partial charge in [0.25, 0.3) is 11.8 Å². The fourth-order valence-electron chi connectivity index (χ4n) is 4.83. The molecule has 3 aromatic rings. The Morgan fingerprint density at radius 3 is 2.55 bits per heavy atom. The maximum absolute atomic E-state index is 13.2. The summed E-state index contributed by atoms with van der Waals surface area (Å²) in [6.07, 6.45) is 9.58. The molecule has 0 unspecified atom stereocenters. The van der Waals surface area contributed by atoms with Crippen LogP contribution in [0.2, 0.25) is 0 Å². The number of anilines is 2. The summed E-state index contributed by atoms with van der Waals surface area (Å²) in [5.74, 6) is 1.42. The maximum Gasteiger partial charge on any atom is 0.260 e. The monoisotopic (exact) mass is 444 g/mol. The zero-order valence-corrected chi connectivity index (χ0v) is 19.8. The molecule has 0 spiro atoms. The van der Waals surface area contributed by atoms with Crippen molar-refractivity contribution < 1.29 is 9.53 Å². The standard InChI is InChI=1S/C27H32N4O2/c1-5-25(32)31(23-16-18(3)17(2)15-21(23)19-11-12-19)24-14-13-22-26(28-24)27(29-30(22)4)33-20-9-7-6-8-10-20/h5,13-16,19-20H,1,6-12H2,2-4H3. The number of hydrogen-bond acceptors (Lipinski definition) is 4. The van der Waals surface area contributed by atoms with E-state index in [0.717, 1.165) is 42.5 Å². The highest BCUT2D eigenvalue weighted by molar-refractivity contribution is 6.07. The average Bonchev–Trinajstić information content (AvgIpc) is 3.62. The minimum absolute atomic E-state index is 0.175. The van der Waals surface area contributed by atoms with Gasteiger partial charge < -0.3 is 4.74 Å². The maximum atomic E-state index is 13.2. The lowest BCUT2D eigenvalue weighted by molar-refractivity contribution is -0.113. The van der Waals surface area contributed by atoms with Crippen LogP contribution in [0.1, 0.15) is 67.6 Å². The van der Waals surface area contributed by atoms with Gasteiger partial charge in [0.1, 0.15) is 11.9 Å². The SMILES string of the molecule is C=CC(=O)N(c1ccc2c(n1)c(OC1CCCCC1)nn2C)c1cc(C)c(C)cc1C1CC1. The van der Waals surface area contributed by atoms with Crippen molar-refractivity contribution in [2.45, 2.75) is 70.8 Å². The highest BCUT2D eigenvalue weighted by Crippen LogP contribution is 2.46. The molecule has 2 aliphatic rings. The number of nitrogens with zero attached hydrogens (tertiary/aromatic N) is 4. The van der Waals surface area contributed by atoms with Crippen molar-refractivity contribution in [3.8, 4) is 5.88 Å². The van der Waals surface area contributed by atoms with E-state index >= 15 is 0 Å². The summed E-state index contributed by atoms with van der Waals surface area (Å²) < 4.78 is 8.11. The molecular formula is C27H32N4O2. The molecule has 0 aliphatic heterocycles. The lowest BCUT2D eigenvalue weighted by atomic mass is 9.98. The Morgan fingerprint density at radius 2 is 1.85 bits per heavy atom. The fourth-order valence-corrected chi connectivity index (χ4v) is 4.83. The first-order chi connectivity index (χ1) is 16.0. The zero-order chi connectivity index (χ0) is 23.1. The van der Waals surface area contributed by atoms with Crippen molar-refractivity contribution >= 4 is 28.4 Å². The molecule has 0 N–H and O–H groups in total. The van der Waals surface area contributed by atoms with Crippen LogP contribution in [0.15, 0.2) is 36.9 Å². The van der Waals surface area contributed by atoms with Crippen LogP contribution < -0.4 is 9.64 Å². The number of benzene rings is 1. The quantitative estimate of drug-likeness (QED) is 0.436. The summed E-state index contributed by atoms with van der Waals surface area (Å²) in [7, 11) is 1.90. The third-order valence-electron chi connectivity index (χ3n) is 7.01. The number of amides is 1. The lowest BCUT2D eigenvalue weighted by Crippen LogP contribution is -2.26. The summed E-state index contributed by atoms with van der Waals surface area (Å²) in [6, 6.07) is 8.20. The molecule has 5 rings (SSSR count). The van der Waals surface area contributed by atoms with Gasteiger partial charge in [-0.15, -0.1) is 5.10 Å². The normalized spacial score (nSPS) is 16.7. The molecule has 1 aromatic carbocycles. The van der Waals surface area contributed by atoms with Gasteiger partial charge >= 0.3 is 0 Å². The molecule has 2 saturated carbocycles. The van der Waals surface area contributed by atoms with Crippen molar-refractivity contribution in [2.24, 2.45) is 7.05 Å². The molecule has 0 radical (unpaired) electrons. The predicted molar refractivity (Wildman–Crippen MR) is 131 cm³/mol. The van der Waals surface area contributed by atoms with E-state index < -0.39 is 0 Å². The number of rotatable bonds is 6. The summed E-state index contributed by atoms with van der Waals surface area (Å²) in [5, 5.41) is 4.61. The second kappa shape index (κ2) is 8.65. The third-order valence-corrected chi connectivity index (χ3v) is 7.01. The number of fused-ring (bicyclic) bond motifs is 1. The predicted octanol–water partition coefficient (Wildman–Crippen LogP) is 6.02. The Labute approximate surface area is 195 Å². The lowest BCUT2D eigenvalue weighted by Gasteiger charge is -2.25. The largest absolute Gasteiger partial charge is 0.472 e. The van der Waals surface area contributed by atoms with E-state index in [2.05, 4.69) is 37.7 Å². The highest BCUT2D eigenvalue weighted by atomic mass is 16.5. The second-order valence-corrected chi connectivity index (χ2v) is 9.49. The molecule has 172 valence electrons. The third kappa shape index (κ3) is 4.14. The van der Waals surface area contributed by atoms with Gasteiger partial charge in [0.15, 0.2) is 5.52 Å². The van der Waals surface area contributed by atoms with Crippen LogP contribution in [0.5, 0.6) is 5.88 Å². The number of carbonyl (C=O) groups excluding carboxylic acids is 1. The second-order valence-electron chi connectivity index (χ2n) is 9.49. The Balaban J connectivity index is 1.61. The van der Waals surface area contributed by atoms with E-state index in [1.807, 2.05) is 19.2 Å². The van der Waals surface area contributed by atoms with Gasteiger partial charge in [-0.1, -0.05) is 19.1 Å². The average molecular weight is 445 g/mol. The van der Waals surface area contributed by atoms with Gasteiger partial charge in [-0.2, -0.15) is 0 Å². The number of ether oxygens (including phenoxy) is 1. The Hall–Kier alpha value is -3.15. The van der Waals surface area contributed by atoms with Crippen LogP contribution >= 0.6 is 0 Å². The molecule has 6 nitrogen and oxygen atoms in total. The summed E-state index contributed by atoms with van der Waals surface area (Å²) in [6.45, 7) is 7.97. The van der Waals surface area contributed by atoms with Crippen LogP contribution in [-0.4, -0.2) is 26.8 Å². The summed E-state index contributed by atoms with van der Waals surface area (Å²) in [5.41, 5.74) is 6.08. The number of hydrogen-bond donors (Lipinski definition) is 0. The number of pyridine rings is 1. The molecule has 0 saturated heterocycles. The van der Waals surface area contributed by atoms with Crippen molar-refractivity contribution in [3.05, 3.63) is 53.6 Å². The molecule has 2 fully saturated rings. The Kier molecular flexibility index (Phi) is 5.69. The summed E-state index contributed by atoms with van der Waals surface area (Å²) in [4.78, 5) is 19.8. The molecule has 0 atom stereocenters. The van der Waals surface area contributed by atoms with Crippen molar-refractivity contribution in [1.29, 1.82) is 0 Å². The molecular weight excluding hydrogens is 412 g/mol. The Bertz CT molecular complexity index is 1220. The first kappa shape index (κ1) is 21.7. The van der Waals surface area contributed by atoms with Crippen molar-refractivity contribution in [1.82, 2.24) is 14.8 Å². The smallest absolute Gasteiger partial charge is 0.260 e. The van der Waals surface area contributed by atoms with Crippen LogP contribution in [-0.2, 0) is 11.8 Å². The zero-order valence-electron chi connectivity index (χ0n) is 19.8. The van der Waals surface area contributed by atoms with Gasteiger partial charge in [-0.3, -0.25) is 14.4 Å². The molecule has 2 aliphatic carbocycles. The van der Waals surface area contributed by atoms with Crippen molar-refractivity contribution in [3.63, 3.8) is 0 Å². The van der Waals surface area contributed by atoms with Gasteiger partial charge in [0.2, 0.25) is 0 Å². The molecule has 0 bridgehead atoms. The molecule has 2 aromatic heterocycles. The van der Waals surface area contributed by atoms with Crippen molar-refractivity contribution in [2.75, 3.05) is 4.90 Å². The molecule has 6 heteroatoms. The molecule has 1 amide bonds. The molecule has 2 heterocycles. The van der Waals surface area contributed by atoms with E-state index in [4.69, 9.17) is 9.72 Å². The van der Waals surface area contributed by atoms with E-state index in [1.54, 1.807) is 9.58 Å². The minimum atomic E-state index is -0.189. The Morgan fingerprint density at radius 1 is 1.12 bits per heavy atom. The van der Waals surface area contributed by atoms with E-state index in [9.17, 15) is 4.79 Å².